The third-order valence-electron chi connectivity index (χ3n) is 11.7. The minimum atomic E-state index is -0.523. The van der Waals surface area contributed by atoms with Crippen molar-refractivity contribution in [3.63, 3.8) is 0 Å². The summed E-state index contributed by atoms with van der Waals surface area (Å²) in [6, 6.07) is 50.0. The largest absolute Gasteiger partial charge is 0.462 e. The Kier molecular flexibility index (Phi) is 18.6. The van der Waals surface area contributed by atoms with Gasteiger partial charge in [0.1, 0.15) is 11.4 Å². The quantitative estimate of drug-likeness (QED) is 0.0916. The first-order valence-electron chi connectivity index (χ1n) is 24.2. The minimum absolute atomic E-state index is 0.0425. The van der Waals surface area contributed by atoms with Crippen LogP contribution >= 0.6 is 22.6 Å². The predicted molar refractivity (Wildman–Crippen MR) is 288 cm³/mol. The van der Waals surface area contributed by atoms with Crippen LogP contribution in [0.5, 0.6) is 0 Å². The number of aromatic nitrogens is 2. The molecular weight excluding hydrogens is 1000 g/mol. The molecule has 0 radical (unpaired) electrons. The Hall–Kier alpha value is -6.35. The number of hydrogen-bond acceptors (Lipinski definition) is 10. The lowest BCUT2D eigenvalue weighted by molar-refractivity contribution is -0.167. The van der Waals surface area contributed by atoms with Gasteiger partial charge in [0.05, 0.1) is 60.8 Å². The second kappa shape index (κ2) is 25.2. The molecule has 0 spiro atoms. The van der Waals surface area contributed by atoms with Gasteiger partial charge in [0.2, 0.25) is 12.6 Å². The van der Waals surface area contributed by atoms with E-state index in [0.717, 1.165) is 75.7 Å². The van der Waals surface area contributed by atoms with Gasteiger partial charge in [-0.1, -0.05) is 128 Å². The Labute approximate surface area is 430 Å². The van der Waals surface area contributed by atoms with Crippen molar-refractivity contribution < 1.29 is 38.0 Å². The molecule has 2 aromatic heterocycles. The predicted octanol–water partition coefficient (Wildman–Crippen LogP) is 15.0. The highest BCUT2D eigenvalue weighted by Crippen LogP contribution is 2.38. The maximum absolute atomic E-state index is 12.5. The van der Waals surface area contributed by atoms with Crippen LogP contribution in [0.15, 0.2) is 152 Å². The van der Waals surface area contributed by atoms with E-state index in [0.29, 0.717) is 37.6 Å². The molecule has 10 rings (SSSR count). The number of aryl methyl sites for hydroxylation is 2. The fourth-order valence-corrected chi connectivity index (χ4v) is 8.90. The molecule has 71 heavy (non-hydrogen) atoms. The monoisotopic (exact) mass is 1060 g/mol. The minimum Gasteiger partial charge on any atom is -0.462 e. The summed E-state index contributed by atoms with van der Waals surface area (Å²) in [5.74, 6) is -0.567. The number of carbonyl (C=O) groups excluding carboxylic acids is 2. The number of esters is 2. The molecule has 0 bridgehead atoms. The molecule has 4 unspecified atom stereocenters. The van der Waals surface area contributed by atoms with Crippen LogP contribution < -0.4 is 0 Å². The van der Waals surface area contributed by atoms with Crippen molar-refractivity contribution in [2.24, 2.45) is 0 Å². The van der Waals surface area contributed by atoms with E-state index in [-0.39, 0.29) is 24.1 Å². The first kappa shape index (κ1) is 52.5. The van der Waals surface area contributed by atoms with E-state index >= 15 is 0 Å². The maximum Gasteiger partial charge on any atom is 0.339 e. The zero-order valence-corrected chi connectivity index (χ0v) is 43.8. The van der Waals surface area contributed by atoms with Gasteiger partial charge < -0.3 is 28.4 Å². The fraction of sp³-hybridized carbons (Fsp3) is 0.267. The van der Waals surface area contributed by atoms with Crippen LogP contribution in [0.25, 0.3) is 32.9 Å². The van der Waals surface area contributed by atoms with E-state index in [2.05, 4.69) is 103 Å². The molecule has 2 aliphatic heterocycles. The number of rotatable bonds is 11. The van der Waals surface area contributed by atoms with Crippen LogP contribution in [0.1, 0.15) is 132 Å². The van der Waals surface area contributed by atoms with Crippen LogP contribution in [0, 0.1) is 17.4 Å². The molecule has 8 aromatic rings. The summed E-state index contributed by atoms with van der Waals surface area (Å²) in [7, 11) is 0. The van der Waals surface area contributed by atoms with Gasteiger partial charge in [0, 0.05) is 25.5 Å². The van der Waals surface area contributed by atoms with Gasteiger partial charge in [0.15, 0.2) is 0 Å². The number of benzene rings is 6. The van der Waals surface area contributed by atoms with E-state index in [4.69, 9.17) is 38.4 Å². The third kappa shape index (κ3) is 13.1. The molecule has 2 aliphatic rings. The average Bonchev–Trinajstić information content (AvgIpc) is 3.97. The molecular formula is C60H61IN2O8. The topological polar surface area (TPSA) is 115 Å². The van der Waals surface area contributed by atoms with Crippen LogP contribution in [0.3, 0.4) is 0 Å². The summed E-state index contributed by atoms with van der Waals surface area (Å²) < 4.78 is 35.4. The molecule has 0 N–H and O–H groups in total. The molecule has 4 atom stereocenters. The van der Waals surface area contributed by atoms with Crippen molar-refractivity contribution in [3.05, 3.63) is 211 Å². The van der Waals surface area contributed by atoms with Gasteiger partial charge in [-0.2, -0.15) is 0 Å². The summed E-state index contributed by atoms with van der Waals surface area (Å²) in [4.78, 5) is 33.3. The fourth-order valence-electron chi connectivity index (χ4n) is 8.30. The number of fused-ring (bicyclic) bond motifs is 4. The van der Waals surface area contributed by atoms with Gasteiger partial charge in [-0.3, -0.25) is 0 Å². The van der Waals surface area contributed by atoms with Crippen LogP contribution in [-0.2, 0) is 41.6 Å². The van der Waals surface area contributed by atoms with Gasteiger partial charge in [-0.05, 0) is 135 Å². The number of hydrogen-bond donors (Lipinski definition) is 0. The first-order valence-corrected chi connectivity index (χ1v) is 25.2. The Morgan fingerprint density at radius 1 is 0.577 bits per heavy atom. The Bertz CT molecular complexity index is 3100. The zero-order chi connectivity index (χ0) is 50.4. The lowest BCUT2D eigenvalue weighted by Crippen LogP contribution is -2.09. The standard InChI is InChI=1S/C29H27NO4.C20H19NO2.C9H9IO2.C2H6/c1-4-32-28(31)25-11-7-6-10-24(25)22-14-18(2)13-21(16-22)19(3)34-29-27-23(17-33-29)15-20-9-5-8-12-26(20)30-27;1-13-6-5-8-15(10-13)14(2)23-20-19-17(12-22-20)11-16-7-3-4-9-18(16)21-19;1-2-12-9(11)7-5-3-4-6-8(7)10;1-2/h5-16,19,29H,4,17H2,1-3H3;3-11,14,20H,12H2,1-2H3;3-6H,2H2,1H3;1-2H3. The van der Waals surface area contributed by atoms with Crippen molar-refractivity contribution in [3.8, 4) is 11.1 Å². The van der Waals surface area contributed by atoms with Crippen LogP contribution in [-0.4, -0.2) is 35.1 Å². The smallest absolute Gasteiger partial charge is 0.339 e. The second-order valence-electron chi connectivity index (χ2n) is 16.8. The average molecular weight is 1070 g/mol. The summed E-state index contributed by atoms with van der Waals surface area (Å²) in [6.45, 7) is 17.6. The summed E-state index contributed by atoms with van der Waals surface area (Å²) in [5, 5.41) is 2.24. The molecule has 0 fully saturated rings. The highest BCUT2D eigenvalue weighted by atomic mass is 127. The molecule has 0 saturated carbocycles. The van der Waals surface area contributed by atoms with Crippen LogP contribution in [0.2, 0.25) is 0 Å². The maximum atomic E-state index is 12.5. The Morgan fingerprint density at radius 3 is 1.63 bits per heavy atom. The summed E-state index contributed by atoms with van der Waals surface area (Å²) >= 11 is 2.11. The van der Waals surface area contributed by atoms with Crippen LogP contribution in [0.4, 0.5) is 0 Å². The van der Waals surface area contributed by atoms with Crippen molar-refractivity contribution in [1.82, 2.24) is 9.97 Å². The highest BCUT2D eigenvalue weighted by molar-refractivity contribution is 14.1. The normalized spacial score (nSPS) is 15.1. The first-order chi connectivity index (χ1) is 34.5. The van der Waals surface area contributed by atoms with Crippen molar-refractivity contribution >= 4 is 56.3 Å². The van der Waals surface area contributed by atoms with E-state index in [9.17, 15) is 9.59 Å². The molecule has 4 heterocycles. The van der Waals surface area contributed by atoms with Gasteiger partial charge in [-0.25, -0.2) is 19.6 Å². The number of carbonyl (C=O) groups is 2. The molecule has 0 amide bonds. The Morgan fingerprint density at radius 2 is 1.07 bits per heavy atom. The number of pyridine rings is 2. The van der Waals surface area contributed by atoms with Crippen molar-refractivity contribution in [2.75, 3.05) is 13.2 Å². The highest BCUT2D eigenvalue weighted by Gasteiger charge is 2.30. The SMILES string of the molecule is CC.CCOC(=O)c1ccccc1-c1cc(C)cc(C(C)OC2OCc3cc4ccccc4nc32)c1.CCOC(=O)c1ccccc1I.Cc1cccc(C(C)OC2OCc3cc4ccccc4nc32)c1. The van der Waals surface area contributed by atoms with E-state index in [1.165, 1.54) is 5.56 Å². The second-order valence-corrected chi connectivity index (χ2v) is 18.0. The van der Waals surface area contributed by atoms with Gasteiger partial charge >= 0.3 is 11.9 Å². The molecule has 0 saturated heterocycles. The van der Waals surface area contributed by atoms with Crippen molar-refractivity contribution in [1.29, 1.82) is 0 Å². The molecule has 10 nitrogen and oxygen atoms in total. The van der Waals surface area contributed by atoms with E-state index in [1.807, 2.05) is 107 Å². The Balaban J connectivity index is 0.000000172. The zero-order valence-electron chi connectivity index (χ0n) is 41.6. The van der Waals surface area contributed by atoms with Gasteiger partial charge in [0.25, 0.3) is 0 Å². The van der Waals surface area contributed by atoms with Gasteiger partial charge in [-0.15, -0.1) is 0 Å². The number of para-hydroxylation sites is 2. The summed E-state index contributed by atoms with van der Waals surface area (Å²) in [6.07, 6.45) is -1.20. The number of halogens is 1. The van der Waals surface area contributed by atoms with E-state index < -0.39 is 12.6 Å². The van der Waals surface area contributed by atoms with Crippen molar-refractivity contribution in [2.45, 2.75) is 93.4 Å². The van der Waals surface area contributed by atoms with E-state index in [1.54, 1.807) is 19.1 Å². The number of ether oxygens (including phenoxy) is 6. The molecule has 366 valence electrons. The lowest BCUT2D eigenvalue weighted by atomic mass is 9.95. The molecule has 0 aliphatic carbocycles. The molecule has 11 heteroatoms. The number of nitrogens with zero attached hydrogens (tertiary/aromatic N) is 2. The lowest BCUT2D eigenvalue weighted by Gasteiger charge is -2.20. The summed E-state index contributed by atoms with van der Waals surface area (Å²) in [5.41, 5.74) is 13.3. The third-order valence-corrected chi connectivity index (χ3v) is 12.7. The molecule has 6 aromatic carbocycles.